The smallest absolute Gasteiger partial charge is 0.166 e. The number of rotatable bonds is 3. The molecule has 0 fully saturated rings. The van der Waals surface area contributed by atoms with Crippen LogP contribution in [0, 0.1) is 9.39 Å². The predicted octanol–water partition coefficient (Wildman–Crippen LogP) is 2.99. The van der Waals surface area contributed by atoms with Crippen LogP contribution in [-0.2, 0) is 6.61 Å². The third kappa shape index (κ3) is 2.85. The van der Waals surface area contributed by atoms with Crippen LogP contribution < -0.4 is 10.5 Å². The van der Waals surface area contributed by atoms with E-state index in [2.05, 4.69) is 4.98 Å². The molecule has 2 N–H and O–H groups in total. The van der Waals surface area contributed by atoms with E-state index >= 15 is 0 Å². The van der Waals surface area contributed by atoms with Gasteiger partial charge in [-0.3, -0.25) is 0 Å². The maximum atomic E-state index is 13.7. The summed E-state index contributed by atoms with van der Waals surface area (Å²) in [6.07, 6.45) is 1.58. The highest BCUT2D eigenvalue weighted by molar-refractivity contribution is 14.1. The van der Waals surface area contributed by atoms with E-state index < -0.39 is 0 Å². The first-order chi connectivity index (χ1) is 8.18. The molecule has 0 bridgehead atoms. The monoisotopic (exact) mass is 344 g/mol. The van der Waals surface area contributed by atoms with E-state index in [0.29, 0.717) is 20.7 Å². The summed E-state index contributed by atoms with van der Waals surface area (Å²) in [6, 6.07) is 8.60. The lowest BCUT2D eigenvalue weighted by molar-refractivity contribution is 0.300. The van der Waals surface area contributed by atoms with Gasteiger partial charge in [0.25, 0.3) is 0 Å². The molecular formula is C12H10FIN2O. The Balaban J connectivity index is 2.13. The Labute approximate surface area is 112 Å². The van der Waals surface area contributed by atoms with Crippen LogP contribution in [0.1, 0.15) is 5.56 Å². The number of nitrogen functional groups attached to an aromatic ring is 1. The lowest BCUT2D eigenvalue weighted by atomic mass is 10.2. The fraction of sp³-hybridized carbons (Fsp3) is 0.0833. The Kier molecular flexibility index (Phi) is 3.78. The van der Waals surface area contributed by atoms with Crippen molar-refractivity contribution in [3.63, 3.8) is 0 Å². The van der Waals surface area contributed by atoms with Crippen LogP contribution in [0.5, 0.6) is 5.75 Å². The average molecular weight is 344 g/mol. The number of nitrogens with zero attached hydrogens (tertiary/aromatic N) is 1. The number of anilines is 1. The summed E-state index contributed by atoms with van der Waals surface area (Å²) < 4.78 is 19.7. The molecule has 0 atom stereocenters. The normalized spacial score (nSPS) is 10.2. The highest BCUT2D eigenvalue weighted by atomic mass is 127. The van der Waals surface area contributed by atoms with Crippen molar-refractivity contribution in [3.8, 4) is 5.75 Å². The van der Waals surface area contributed by atoms with Crippen LogP contribution >= 0.6 is 22.6 Å². The second-order valence-corrected chi connectivity index (χ2v) is 4.55. The van der Waals surface area contributed by atoms with Gasteiger partial charge in [0.15, 0.2) is 11.6 Å². The molecule has 0 aliphatic carbocycles. The molecule has 0 aliphatic heterocycles. The Morgan fingerprint density at radius 3 is 2.88 bits per heavy atom. The topological polar surface area (TPSA) is 48.1 Å². The van der Waals surface area contributed by atoms with E-state index in [-0.39, 0.29) is 12.4 Å². The van der Waals surface area contributed by atoms with Crippen molar-refractivity contribution in [2.75, 3.05) is 5.73 Å². The Bertz CT molecular complexity index is 534. The summed E-state index contributed by atoms with van der Waals surface area (Å²) in [5.41, 5.74) is 6.12. The average Bonchev–Trinajstić information content (AvgIpc) is 2.33. The molecule has 1 aromatic carbocycles. The number of aromatic nitrogens is 1. The van der Waals surface area contributed by atoms with Gasteiger partial charge in [-0.2, -0.15) is 0 Å². The molecule has 88 valence electrons. The van der Waals surface area contributed by atoms with E-state index in [9.17, 15) is 4.39 Å². The zero-order valence-electron chi connectivity index (χ0n) is 8.86. The molecule has 2 aromatic rings. The fourth-order valence-electron chi connectivity index (χ4n) is 1.34. The maximum absolute atomic E-state index is 13.7. The van der Waals surface area contributed by atoms with Gasteiger partial charge >= 0.3 is 0 Å². The van der Waals surface area contributed by atoms with Crippen molar-refractivity contribution >= 4 is 28.4 Å². The minimum absolute atomic E-state index is 0.137. The summed E-state index contributed by atoms with van der Waals surface area (Å²) in [5.74, 6) is 0.514. The van der Waals surface area contributed by atoms with E-state index in [4.69, 9.17) is 10.5 Å². The molecule has 0 radical (unpaired) electrons. The lowest BCUT2D eigenvalue weighted by Gasteiger charge is -2.09. The largest absolute Gasteiger partial charge is 0.485 e. The quantitative estimate of drug-likeness (QED) is 0.871. The summed E-state index contributed by atoms with van der Waals surface area (Å²) in [4.78, 5) is 3.89. The van der Waals surface area contributed by atoms with Crippen LogP contribution in [-0.4, -0.2) is 4.98 Å². The first kappa shape index (κ1) is 12.1. The summed E-state index contributed by atoms with van der Waals surface area (Å²) in [6.45, 7) is 0.137. The molecular weight excluding hydrogens is 334 g/mol. The van der Waals surface area contributed by atoms with Crippen LogP contribution in [0.15, 0.2) is 36.5 Å². The SMILES string of the molecule is Nc1ncccc1OCc1cccc(I)c1F. The van der Waals surface area contributed by atoms with Crippen LogP contribution in [0.2, 0.25) is 0 Å². The minimum atomic E-state index is -0.254. The van der Waals surface area contributed by atoms with Gasteiger partial charge in [0.2, 0.25) is 0 Å². The second kappa shape index (κ2) is 5.31. The molecule has 1 aromatic heterocycles. The van der Waals surface area contributed by atoms with E-state index in [1.807, 2.05) is 22.6 Å². The van der Waals surface area contributed by atoms with Crippen molar-refractivity contribution in [3.05, 3.63) is 51.5 Å². The third-order valence-corrected chi connectivity index (χ3v) is 3.05. The van der Waals surface area contributed by atoms with Gasteiger partial charge in [-0.05, 0) is 40.8 Å². The molecule has 0 saturated heterocycles. The lowest BCUT2D eigenvalue weighted by Crippen LogP contribution is -2.02. The molecule has 5 heteroatoms. The van der Waals surface area contributed by atoms with E-state index in [1.165, 1.54) is 0 Å². The molecule has 3 nitrogen and oxygen atoms in total. The fourth-order valence-corrected chi connectivity index (χ4v) is 1.89. The van der Waals surface area contributed by atoms with Crippen LogP contribution in [0.3, 0.4) is 0 Å². The summed E-state index contributed by atoms with van der Waals surface area (Å²) >= 11 is 1.94. The highest BCUT2D eigenvalue weighted by Gasteiger charge is 2.07. The number of nitrogens with two attached hydrogens (primary N) is 1. The first-order valence-electron chi connectivity index (χ1n) is 4.94. The Morgan fingerprint density at radius 2 is 2.12 bits per heavy atom. The van der Waals surface area contributed by atoms with Crippen molar-refractivity contribution in [1.29, 1.82) is 0 Å². The standard InChI is InChI=1S/C12H10FIN2O/c13-11-8(3-1-4-9(11)14)7-17-10-5-2-6-16-12(10)15/h1-6H,7H2,(H2,15,16). The van der Waals surface area contributed by atoms with Gasteiger partial charge in [0.05, 0.1) is 0 Å². The first-order valence-corrected chi connectivity index (χ1v) is 6.02. The van der Waals surface area contributed by atoms with Gasteiger partial charge < -0.3 is 10.5 Å². The summed E-state index contributed by atoms with van der Waals surface area (Å²) in [5, 5.41) is 0. The molecule has 0 amide bonds. The molecule has 17 heavy (non-hydrogen) atoms. The Hall–Kier alpha value is -1.37. The number of ether oxygens (including phenoxy) is 1. The second-order valence-electron chi connectivity index (χ2n) is 3.39. The predicted molar refractivity (Wildman–Crippen MR) is 72.1 cm³/mol. The van der Waals surface area contributed by atoms with Crippen LogP contribution in [0.25, 0.3) is 0 Å². The van der Waals surface area contributed by atoms with Gasteiger partial charge in [-0.15, -0.1) is 0 Å². The van der Waals surface area contributed by atoms with Crippen molar-refractivity contribution < 1.29 is 9.13 Å². The molecule has 1 heterocycles. The number of benzene rings is 1. The maximum Gasteiger partial charge on any atom is 0.166 e. The third-order valence-electron chi connectivity index (χ3n) is 2.21. The zero-order chi connectivity index (χ0) is 12.3. The molecule has 0 unspecified atom stereocenters. The van der Waals surface area contributed by atoms with Gasteiger partial charge in [-0.25, -0.2) is 9.37 Å². The Morgan fingerprint density at radius 1 is 1.29 bits per heavy atom. The minimum Gasteiger partial charge on any atom is -0.485 e. The molecule has 0 saturated carbocycles. The summed E-state index contributed by atoms with van der Waals surface area (Å²) in [7, 11) is 0. The highest BCUT2D eigenvalue weighted by Crippen LogP contribution is 2.20. The van der Waals surface area contributed by atoms with Crippen LogP contribution in [0.4, 0.5) is 10.2 Å². The van der Waals surface area contributed by atoms with Gasteiger partial charge in [0.1, 0.15) is 12.4 Å². The zero-order valence-corrected chi connectivity index (χ0v) is 11.0. The van der Waals surface area contributed by atoms with Crippen molar-refractivity contribution in [2.45, 2.75) is 6.61 Å². The molecule has 2 rings (SSSR count). The van der Waals surface area contributed by atoms with E-state index in [1.54, 1.807) is 36.5 Å². The van der Waals surface area contributed by atoms with E-state index in [0.717, 1.165) is 0 Å². The van der Waals surface area contributed by atoms with Gasteiger partial charge in [0, 0.05) is 15.3 Å². The number of halogens is 2. The number of pyridine rings is 1. The van der Waals surface area contributed by atoms with Crippen molar-refractivity contribution in [2.24, 2.45) is 0 Å². The van der Waals surface area contributed by atoms with Crippen molar-refractivity contribution in [1.82, 2.24) is 4.98 Å². The number of hydrogen-bond acceptors (Lipinski definition) is 3. The molecule has 0 spiro atoms. The number of hydrogen-bond donors (Lipinski definition) is 1. The molecule has 0 aliphatic rings. The van der Waals surface area contributed by atoms with Gasteiger partial charge in [-0.1, -0.05) is 12.1 Å².